The van der Waals surface area contributed by atoms with Crippen LogP contribution in [0, 0.1) is 40.8 Å². The fraction of sp³-hybridized carbons (Fsp3) is 0.438. The molecule has 0 saturated heterocycles. The third kappa shape index (κ3) is 8.76. The Morgan fingerprint density at radius 2 is 1.29 bits per heavy atom. The summed E-state index contributed by atoms with van der Waals surface area (Å²) < 4.78 is 155. The zero-order valence-electron chi connectivity index (χ0n) is 24.1. The quantitative estimate of drug-likeness (QED) is 0.105. The van der Waals surface area contributed by atoms with Gasteiger partial charge in [-0.2, -0.15) is 17.6 Å². The van der Waals surface area contributed by atoms with E-state index < -0.39 is 76.5 Å². The van der Waals surface area contributed by atoms with E-state index in [-0.39, 0.29) is 23.6 Å². The Bertz CT molecular complexity index is 1430. The van der Waals surface area contributed by atoms with Crippen molar-refractivity contribution in [3.63, 3.8) is 0 Å². The monoisotopic (exact) mass is 652 g/mol. The van der Waals surface area contributed by atoms with E-state index in [4.69, 9.17) is 0 Å². The number of hydrogen-bond acceptors (Lipinski definition) is 3. The van der Waals surface area contributed by atoms with Crippen LogP contribution in [0.15, 0.2) is 42.5 Å². The van der Waals surface area contributed by atoms with Crippen molar-refractivity contribution in [1.29, 1.82) is 0 Å². The van der Waals surface area contributed by atoms with E-state index in [1.807, 2.05) is 0 Å². The normalized spacial score (nSPS) is 17.3. The molecule has 0 atom stereocenters. The van der Waals surface area contributed by atoms with Crippen LogP contribution < -0.4 is 14.2 Å². The molecule has 3 nitrogen and oxygen atoms in total. The summed E-state index contributed by atoms with van der Waals surface area (Å²) in [6, 6.07) is 3.63. The van der Waals surface area contributed by atoms with Gasteiger partial charge in [0, 0.05) is 18.2 Å². The first-order valence-corrected chi connectivity index (χ1v) is 14.4. The smallest absolute Gasteiger partial charge is 0.433 e. The maximum absolute atomic E-state index is 14.9. The summed E-state index contributed by atoms with van der Waals surface area (Å²) >= 11 is 0. The zero-order valence-corrected chi connectivity index (χ0v) is 24.1. The standard InChI is InChI=1S/C32H30F10O3/c1-2-3-4-5-18-6-8-19(9-7-18)20-12-24(34)29(25(35)13-20)32(41,42)45-21-10-11-28(23(33)14-21)43-17-31(39,40)44-22-15-26(36)30(38)27(37)16-22/h10-16,18-19H,2-9,17H2,1H3. The molecule has 0 bridgehead atoms. The molecule has 0 amide bonds. The Kier molecular flexibility index (Phi) is 10.8. The lowest BCUT2D eigenvalue weighted by Gasteiger charge is -2.29. The van der Waals surface area contributed by atoms with Crippen molar-refractivity contribution in [1.82, 2.24) is 0 Å². The van der Waals surface area contributed by atoms with E-state index >= 15 is 0 Å². The molecule has 0 spiro atoms. The maximum atomic E-state index is 14.9. The van der Waals surface area contributed by atoms with Crippen molar-refractivity contribution < 1.29 is 58.1 Å². The molecule has 3 aromatic carbocycles. The Morgan fingerprint density at radius 1 is 0.689 bits per heavy atom. The van der Waals surface area contributed by atoms with Gasteiger partial charge in [0.15, 0.2) is 35.6 Å². The molecule has 0 aromatic heterocycles. The minimum atomic E-state index is -4.58. The van der Waals surface area contributed by atoms with Gasteiger partial charge in [0.05, 0.1) is 0 Å². The molecule has 13 heteroatoms. The molecule has 0 unspecified atom stereocenters. The molecule has 1 aliphatic carbocycles. The van der Waals surface area contributed by atoms with Gasteiger partial charge >= 0.3 is 12.2 Å². The Hall–Kier alpha value is -3.64. The SMILES string of the molecule is CCCCCC1CCC(c2cc(F)c(C(F)(F)Oc3ccc(OCC(F)(F)Oc4cc(F)c(F)c(F)c4)c(F)c3)c(F)c2)CC1. The third-order valence-electron chi connectivity index (χ3n) is 7.66. The van der Waals surface area contributed by atoms with Crippen LogP contribution in [-0.2, 0) is 6.11 Å². The Labute approximate surface area is 253 Å². The fourth-order valence-corrected chi connectivity index (χ4v) is 5.39. The second-order valence-corrected chi connectivity index (χ2v) is 11.0. The number of rotatable bonds is 13. The van der Waals surface area contributed by atoms with E-state index in [0.29, 0.717) is 37.0 Å². The van der Waals surface area contributed by atoms with Gasteiger partial charge in [-0.1, -0.05) is 32.6 Å². The summed E-state index contributed by atoms with van der Waals surface area (Å²) in [5.74, 6) is -12.6. The third-order valence-corrected chi connectivity index (χ3v) is 7.66. The molecule has 0 N–H and O–H groups in total. The predicted octanol–water partition coefficient (Wildman–Crippen LogP) is 10.6. The molecule has 1 saturated carbocycles. The van der Waals surface area contributed by atoms with Gasteiger partial charge in [0.25, 0.3) is 0 Å². The molecule has 1 aliphatic rings. The van der Waals surface area contributed by atoms with Crippen molar-refractivity contribution in [2.45, 2.75) is 76.4 Å². The van der Waals surface area contributed by atoms with Crippen LogP contribution in [0.3, 0.4) is 0 Å². The lowest BCUT2D eigenvalue weighted by atomic mass is 9.77. The Balaban J connectivity index is 1.38. The number of hydrogen-bond donors (Lipinski definition) is 0. The van der Waals surface area contributed by atoms with Crippen LogP contribution in [0.1, 0.15) is 75.3 Å². The highest BCUT2D eigenvalue weighted by Crippen LogP contribution is 2.41. The van der Waals surface area contributed by atoms with Crippen LogP contribution in [0.5, 0.6) is 17.2 Å². The second kappa shape index (κ2) is 14.2. The number of halogens is 10. The molecule has 246 valence electrons. The minimum Gasteiger partial charge on any atom is -0.480 e. The summed E-state index contributed by atoms with van der Waals surface area (Å²) in [7, 11) is 0. The van der Waals surface area contributed by atoms with Gasteiger partial charge in [0.1, 0.15) is 28.7 Å². The van der Waals surface area contributed by atoms with Gasteiger partial charge in [-0.15, -0.1) is 0 Å². The van der Waals surface area contributed by atoms with E-state index in [1.54, 1.807) is 0 Å². The van der Waals surface area contributed by atoms with Gasteiger partial charge in [-0.05, 0) is 67.3 Å². The highest BCUT2D eigenvalue weighted by Gasteiger charge is 2.42. The first-order valence-electron chi connectivity index (χ1n) is 14.4. The van der Waals surface area contributed by atoms with Crippen molar-refractivity contribution in [2.24, 2.45) is 5.92 Å². The molecule has 0 radical (unpaired) electrons. The van der Waals surface area contributed by atoms with Gasteiger partial charge in [-0.25, -0.2) is 26.3 Å². The van der Waals surface area contributed by atoms with Gasteiger partial charge < -0.3 is 14.2 Å². The Morgan fingerprint density at radius 3 is 1.87 bits per heavy atom. The highest BCUT2D eigenvalue weighted by molar-refractivity contribution is 5.36. The molecule has 4 rings (SSSR count). The van der Waals surface area contributed by atoms with E-state index in [0.717, 1.165) is 50.7 Å². The molecule has 3 aromatic rings. The zero-order chi connectivity index (χ0) is 32.9. The highest BCUT2D eigenvalue weighted by atomic mass is 19.3. The van der Waals surface area contributed by atoms with E-state index in [9.17, 15) is 43.9 Å². The summed E-state index contributed by atoms with van der Waals surface area (Å²) in [5, 5.41) is 0. The number of ether oxygens (including phenoxy) is 3. The molecule has 1 fully saturated rings. The lowest BCUT2D eigenvalue weighted by Crippen LogP contribution is -2.32. The average Bonchev–Trinajstić information content (AvgIpc) is 2.95. The van der Waals surface area contributed by atoms with Gasteiger partial charge in [0.2, 0.25) is 0 Å². The van der Waals surface area contributed by atoms with Crippen LogP contribution >= 0.6 is 0 Å². The summed E-state index contributed by atoms with van der Waals surface area (Å²) in [6.07, 6.45) is -1.32. The van der Waals surface area contributed by atoms with Crippen LogP contribution in [0.4, 0.5) is 43.9 Å². The molecular formula is C32H30F10O3. The maximum Gasteiger partial charge on any atom is 0.433 e. The molecule has 0 aliphatic heterocycles. The molecular weight excluding hydrogens is 622 g/mol. The average molecular weight is 653 g/mol. The lowest BCUT2D eigenvalue weighted by molar-refractivity contribution is -0.196. The molecule has 45 heavy (non-hydrogen) atoms. The second-order valence-electron chi connectivity index (χ2n) is 11.0. The van der Waals surface area contributed by atoms with Crippen molar-refractivity contribution in [3.05, 3.63) is 88.5 Å². The summed E-state index contributed by atoms with van der Waals surface area (Å²) in [5.41, 5.74) is -1.41. The fourth-order valence-electron chi connectivity index (χ4n) is 5.39. The number of unbranched alkanes of at least 4 members (excludes halogenated alkanes) is 2. The van der Waals surface area contributed by atoms with Crippen LogP contribution in [-0.4, -0.2) is 12.7 Å². The number of alkyl halides is 4. The topological polar surface area (TPSA) is 27.7 Å². The van der Waals surface area contributed by atoms with Crippen molar-refractivity contribution in [3.8, 4) is 17.2 Å². The summed E-state index contributed by atoms with van der Waals surface area (Å²) in [4.78, 5) is 0. The molecule has 0 heterocycles. The van der Waals surface area contributed by atoms with Gasteiger partial charge in [-0.3, -0.25) is 0 Å². The van der Waals surface area contributed by atoms with Crippen LogP contribution in [0.25, 0.3) is 0 Å². The van der Waals surface area contributed by atoms with Crippen LogP contribution in [0.2, 0.25) is 0 Å². The first-order chi connectivity index (χ1) is 21.2. The summed E-state index contributed by atoms with van der Waals surface area (Å²) in [6.45, 7) is 0.397. The number of benzene rings is 3. The van der Waals surface area contributed by atoms with Crippen molar-refractivity contribution >= 4 is 0 Å². The van der Waals surface area contributed by atoms with E-state index in [2.05, 4.69) is 21.1 Å². The van der Waals surface area contributed by atoms with E-state index in [1.165, 1.54) is 0 Å². The largest absolute Gasteiger partial charge is 0.480 e. The first kappa shape index (κ1) is 34.2. The predicted molar refractivity (Wildman–Crippen MR) is 144 cm³/mol. The van der Waals surface area contributed by atoms with Crippen molar-refractivity contribution in [2.75, 3.05) is 6.61 Å². The minimum absolute atomic E-state index is 0.152.